The van der Waals surface area contributed by atoms with Crippen molar-refractivity contribution in [1.29, 1.82) is 0 Å². The summed E-state index contributed by atoms with van der Waals surface area (Å²) in [5.41, 5.74) is 1.25. The number of aliphatic hydroxyl groups is 2. The highest BCUT2D eigenvalue weighted by Crippen LogP contribution is 2.27. The van der Waals surface area contributed by atoms with Crippen molar-refractivity contribution in [3.63, 3.8) is 0 Å². The van der Waals surface area contributed by atoms with Crippen LogP contribution in [-0.4, -0.2) is 29.1 Å². The molecule has 18 heavy (non-hydrogen) atoms. The topological polar surface area (TPSA) is 49.7 Å². The predicted octanol–water partition coefficient (Wildman–Crippen LogP) is 2.35. The van der Waals surface area contributed by atoms with Crippen LogP contribution in [0, 0.1) is 6.92 Å². The van der Waals surface area contributed by atoms with E-state index >= 15 is 0 Å². The number of benzene rings is 1. The molecular weight excluding hydrogens is 249 g/mol. The third-order valence-corrected chi connectivity index (χ3v) is 2.39. The van der Waals surface area contributed by atoms with Crippen molar-refractivity contribution in [3.05, 3.63) is 29.3 Å². The summed E-state index contributed by atoms with van der Waals surface area (Å²) in [5, 5.41) is 18.3. The zero-order valence-electron chi connectivity index (χ0n) is 10.0. The van der Waals surface area contributed by atoms with Gasteiger partial charge in [-0.25, -0.2) is 0 Å². The van der Waals surface area contributed by atoms with Crippen LogP contribution >= 0.6 is 0 Å². The Balaban J connectivity index is 2.79. The smallest absolute Gasteiger partial charge is 0.417 e. The minimum Gasteiger partial charge on any atom is -0.490 e. The molecule has 1 aromatic carbocycles. The lowest BCUT2D eigenvalue weighted by molar-refractivity contribution is -0.210. The molecule has 1 rings (SSSR count). The molecule has 3 nitrogen and oxygen atoms in total. The molecular formula is C12H15F3O3. The summed E-state index contributed by atoms with van der Waals surface area (Å²) in [6.07, 6.45) is -8.11. The summed E-state index contributed by atoms with van der Waals surface area (Å²) < 4.78 is 41.2. The average molecular weight is 264 g/mol. The molecule has 0 aliphatic rings. The van der Waals surface area contributed by atoms with E-state index in [-0.39, 0.29) is 5.75 Å². The van der Waals surface area contributed by atoms with Crippen LogP contribution in [0.4, 0.5) is 13.2 Å². The van der Waals surface area contributed by atoms with Gasteiger partial charge in [0.25, 0.3) is 0 Å². The first-order chi connectivity index (χ1) is 8.21. The van der Waals surface area contributed by atoms with Crippen LogP contribution in [-0.2, 0) is 0 Å². The molecule has 0 aromatic heterocycles. The standard InChI is InChI=1S/C12H15F3O3/c1-7-3-4-10(9(5-7)8(2)16)18-6-11(17)12(13,14)15/h3-5,8,11,16-17H,6H2,1-2H3/t8-,11?/m0/s1. The van der Waals surface area contributed by atoms with Crippen molar-refractivity contribution >= 4 is 0 Å². The summed E-state index contributed by atoms with van der Waals surface area (Å²) in [6, 6.07) is 4.75. The quantitative estimate of drug-likeness (QED) is 0.877. The molecule has 0 aliphatic heterocycles. The fourth-order valence-electron chi connectivity index (χ4n) is 1.39. The second-order valence-electron chi connectivity index (χ2n) is 4.09. The van der Waals surface area contributed by atoms with Crippen LogP contribution in [0.3, 0.4) is 0 Å². The van der Waals surface area contributed by atoms with Crippen LogP contribution in [0.25, 0.3) is 0 Å². The van der Waals surface area contributed by atoms with Crippen LogP contribution in [0.5, 0.6) is 5.75 Å². The summed E-state index contributed by atoms with van der Waals surface area (Å²) in [7, 11) is 0. The Morgan fingerprint density at radius 3 is 2.39 bits per heavy atom. The van der Waals surface area contributed by atoms with Crippen molar-refractivity contribution in [3.8, 4) is 5.75 Å². The van der Waals surface area contributed by atoms with Crippen molar-refractivity contribution in [2.24, 2.45) is 0 Å². The van der Waals surface area contributed by atoms with E-state index in [0.717, 1.165) is 5.56 Å². The molecule has 0 heterocycles. The highest BCUT2D eigenvalue weighted by molar-refractivity contribution is 5.38. The fraction of sp³-hybridized carbons (Fsp3) is 0.500. The maximum absolute atomic E-state index is 12.1. The normalized spacial score (nSPS) is 15.3. The number of hydrogen-bond acceptors (Lipinski definition) is 3. The number of alkyl halides is 3. The Morgan fingerprint density at radius 1 is 1.28 bits per heavy atom. The highest BCUT2D eigenvalue weighted by Gasteiger charge is 2.38. The van der Waals surface area contributed by atoms with Gasteiger partial charge in [0.1, 0.15) is 12.4 Å². The molecule has 0 aliphatic carbocycles. The monoisotopic (exact) mass is 264 g/mol. The first kappa shape index (κ1) is 14.8. The lowest BCUT2D eigenvalue weighted by Gasteiger charge is -2.18. The van der Waals surface area contributed by atoms with E-state index in [0.29, 0.717) is 5.56 Å². The van der Waals surface area contributed by atoms with Gasteiger partial charge in [-0.3, -0.25) is 0 Å². The summed E-state index contributed by atoms with van der Waals surface area (Å²) in [5.74, 6) is 0.138. The van der Waals surface area contributed by atoms with E-state index in [2.05, 4.69) is 0 Å². The van der Waals surface area contributed by atoms with Gasteiger partial charge in [0.05, 0.1) is 6.10 Å². The van der Waals surface area contributed by atoms with E-state index in [1.165, 1.54) is 13.0 Å². The van der Waals surface area contributed by atoms with Gasteiger partial charge in [-0.15, -0.1) is 0 Å². The van der Waals surface area contributed by atoms with Gasteiger partial charge in [-0.05, 0) is 26.0 Å². The maximum atomic E-state index is 12.1. The van der Waals surface area contributed by atoms with Gasteiger partial charge in [0.15, 0.2) is 6.10 Å². The van der Waals surface area contributed by atoms with Gasteiger partial charge in [-0.2, -0.15) is 13.2 Å². The molecule has 102 valence electrons. The highest BCUT2D eigenvalue weighted by atomic mass is 19.4. The lowest BCUT2D eigenvalue weighted by Crippen LogP contribution is -2.34. The van der Waals surface area contributed by atoms with E-state index in [1.54, 1.807) is 19.1 Å². The zero-order chi connectivity index (χ0) is 13.9. The first-order valence-corrected chi connectivity index (χ1v) is 5.38. The van der Waals surface area contributed by atoms with Crippen molar-refractivity contribution in [1.82, 2.24) is 0 Å². The molecule has 0 amide bonds. The largest absolute Gasteiger partial charge is 0.490 e. The van der Waals surface area contributed by atoms with Gasteiger partial charge in [-0.1, -0.05) is 11.6 Å². The summed E-state index contributed by atoms with van der Waals surface area (Å²) in [6.45, 7) is 2.38. The maximum Gasteiger partial charge on any atom is 0.417 e. The molecule has 0 bridgehead atoms. The van der Waals surface area contributed by atoms with E-state index in [4.69, 9.17) is 9.84 Å². The number of ether oxygens (including phenoxy) is 1. The fourth-order valence-corrected chi connectivity index (χ4v) is 1.39. The van der Waals surface area contributed by atoms with E-state index in [1.807, 2.05) is 0 Å². The third-order valence-electron chi connectivity index (χ3n) is 2.39. The molecule has 6 heteroatoms. The molecule has 0 fully saturated rings. The number of aliphatic hydroxyl groups excluding tert-OH is 2. The Morgan fingerprint density at radius 2 is 1.89 bits per heavy atom. The molecule has 0 radical (unpaired) electrons. The van der Waals surface area contributed by atoms with Crippen LogP contribution in [0.15, 0.2) is 18.2 Å². The SMILES string of the molecule is Cc1ccc(OCC(O)C(F)(F)F)c([C@H](C)O)c1. The van der Waals surface area contributed by atoms with Crippen LogP contribution < -0.4 is 4.74 Å². The lowest BCUT2D eigenvalue weighted by atomic mass is 10.1. The molecule has 0 saturated carbocycles. The third kappa shape index (κ3) is 3.89. The van der Waals surface area contributed by atoms with Gasteiger partial charge in [0.2, 0.25) is 0 Å². The van der Waals surface area contributed by atoms with Crippen molar-refractivity contribution in [2.75, 3.05) is 6.61 Å². The van der Waals surface area contributed by atoms with Gasteiger partial charge >= 0.3 is 6.18 Å². The van der Waals surface area contributed by atoms with E-state index in [9.17, 15) is 18.3 Å². The zero-order valence-corrected chi connectivity index (χ0v) is 10.0. The van der Waals surface area contributed by atoms with Crippen molar-refractivity contribution < 1.29 is 28.1 Å². The van der Waals surface area contributed by atoms with E-state index < -0.39 is 25.0 Å². The predicted molar refractivity (Wildman–Crippen MR) is 59.4 cm³/mol. The van der Waals surface area contributed by atoms with Crippen LogP contribution in [0.1, 0.15) is 24.2 Å². The molecule has 0 spiro atoms. The van der Waals surface area contributed by atoms with Gasteiger partial charge in [0, 0.05) is 5.56 Å². The Bertz CT molecular complexity index is 402. The average Bonchev–Trinajstić information content (AvgIpc) is 2.25. The van der Waals surface area contributed by atoms with Crippen LogP contribution in [0.2, 0.25) is 0 Å². The molecule has 2 N–H and O–H groups in total. The Kier molecular flexibility index (Phi) is 4.59. The second kappa shape index (κ2) is 5.58. The number of halogens is 3. The second-order valence-corrected chi connectivity index (χ2v) is 4.09. The molecule has 2 atom stereocenters. The molecule has 1 aromatic rings. The first-order valence-electron chi connectivity index (χ1n) is 5.38. The van der Waals surface area contributed by atoms with Gasteiger partial charge < -0.3 is 14.9 Å². The number of aryl methyl sites for hydroxylation is 1. The Hall–Kier alpha value is -1.27. The summed E-state index contributed by atoms with van der Waals surface area (Å²) >= 11 is 0. The molecule has 1 unspecified atom stereocenters. The summed E-state index contributed by atoms with van der Waals surface area (Å²) in [4.78, 5) is 0. The number of rotatable bonds is 4. The van der Waals surface area contributed by atoms with Crippen molar-refractivity contribution in [2.45, 2.75) is 32.2 Å². The minimum atomic E-state index is -4.71. The number of hydrogen-bond donors (Lipinski definition) is 2. The Labute approximate surface area is 103 Å². The minimum absolute atomic E-state index is 0.138. The molecule has 0 saturated heterocycles.